The Morgan fingerprint density at radius 3 is 2.87 bits per heavy atom. The molecule has 3 fully saturated rings. The Morgan fingerprint density at radius 1 is 1.39 bits per heavy atom. The molecular weight excluding hydrogens is 322 g/mol. The molecule has 23 heavy (non-hydrogen) atoms. The zero-order valence-electron chi connectivity index (χ0n) is 12.9. The third-order valence-electron chi connectivity index (χ3n) is 4.91. The minimum atomic E-state index is -3.34. The third-order valence-corrected chi connectivity index (χ3v) is 5.68. The standard InChI is InChI=1S/C14H19N3O5S/c1-23(19,20)6-11(18)17-4-10-5-21-8-14(10,7-17)13-16-15-12(22-13)9-2-3-9/h9-10H,2-8H2,1H3/t10-,14-/m0/s1. The second-order valence-corrected chi connectivity index (χ2v) is 9.07. The molecule has 2 atom stereocenters. The van der Waals surface area contributed by atoms with E-state index in [0.717, 1.165) is 19.1 Å². The van der Waals surface area contributed by atoms with Gasteiger partial charge in [0, 0.05) is 31.2 Å². The van der Waals surface area contributed by atoms with Crippen molar-refractivity contribution in [1.29, 1.82) is 0 Å². The highest BCUT2D eigenvalue weighted by Gasteiger charge is 2.56. The first-order valence-corrected chi connectivity index (χ1v) is 9.80. The highest BCUT2D eigenvalue weighted by molar-refractivity contribution is 7.91. The summed E-state index contributed by atoms with van der Waals surface area (Å²) in [6.07, 6.45) is 3.22. The predicted molar refractivity (Wildman–Crippen MR) is 78.6 cm³/mol. The maximum atomic E-state index is 12.2. The molecule has 3 heterocycles. The topological polar surface area (TPSA) is 103 Å². The lowest BCUT2D eigenvalue weighted by atomic mass is 9.81. The van der Waals surface area contributed by atoms with Gasteiger partial charge in [-0.2, -0.15) is 0 Å². The van der Waals surface area contributed by atoms with E-state index in [1.165, 1.54) is 0 Å². The first-order valence-electron chi connectivity index (χ1n) is 7.74. The number of hydrogen-bond donors (Lipinski definition) is 0. The van der Waals surface area contributed by atoms with Crippen LogP contribution in [0.15, 0.2) is 4.42 Å². The number of likely N-dealkylation sites (tertiary alicyclic amines) is 1. The van der Waals surface area contributed by atoms with Crippen LogP contribution in [-0.2, 0) is 24.8 Å². The van der Waals surface area contributed by atoms with Crippen LogP contribution in [0.3, 0.4) is 0 Å². The van der Waals surface area contributed by atoms with Crippen LogP contribution in [-0.4, -0.2) is 67.7 Å². The largest absolute Gasteiger partial charge is 0.424 e. The molecule has 0 bridgehead atoms. The van der Waals surface area contributed by atoms with Crippen LogP contribution < -0.4 is 0 Å². The van der Waals surface area contributed by atoms with Crippen LogP contribution in [0.4, 0.5) is 0 Å². The first kappa shape index (κ1) is 15.1. The normalized spacial score (nSPS) is 30.7. The SMILES string of the molecule is CS(=O)(=O)CC(=O)N1C[C@H]2COC[C@@]2(c2nnc(C3CC3)o2)C1. The van der Waals surface area contributed by atoms with E-state index in [2.05, 4.69) is 10.2 Å². The van der Waals surface area contributed by atoms with Crippen molar-refractivity contribution in [3.63, 3.8) is 0 Å². The number of fused-ring (bicyclic) bond motifs is 1. The summed E-state index contributed by atoms with van der Waals surface area (Å²) in [6.45, 7) is 1.78. The van der Waals surface area contributed by atoms with Gasteiger partial charge in [0.2, 0.25) is 17.7 Å². The fourth-order valence-corrected chi connectivity index (χ4v) is 4.11. The van der Waals surface area contributed by atoms with E-state index in [-0.39, 0.29) is 11.8 Å². The Bertz CT molecular complexity index is 741. The number of hydrogen-bond acceptors (Lipinski definition) is 7. The number of nitrogens with zero attached hydrogens (tertiary/aromatic N) is 3. The summed E-state index contributed by atoms with van der Waals surface area (Å²) >= 11 is 0. The number of sulfone groups is 1. The van der Waals surface area contributed by atoms with Crippen molar-refractivity contribution in [2.75, 3.05) is 38.3 Å². The molecule has 4 rings (SSSR count). The minimum absolute atomic E-state index is 0.0681. The summed E-state index contributed by atoms with van der Waals surface area (Å²) in [5.74, 6) is 0.797. The Kier molecular flexibility index (Phi) is 3.28. The highest BCUT2D eigenvalue weighted by atomic mass is 32.2. The maximum Gasteiger partial charge on any atom is 0.237 e. The number of carbonyl (C=O) groups is 1. The highest BCUT2D eigenvalue weighted by Crippen LogP contribution is 2.45. The molecule has 8 nitrogen and oxygen atoms in total. The van der Waals surface area contributed by atoms with Crippen molar-refractivity contribution in [1.82, 2.24) is 15.1 Å². The average Bonchev–Trinajstić information content (AvgIpc) is 2.90. The van der Waals surface area contributed by atoms with Gasteiger partial charge in [0.25, 0.3) is 0 Å². The van der Waals surface area contributed by atoms with E-state index in [0.29, 0.717) is 44.0 Å². The summed E-state index contributed by atoms with van der Waals surface area (Å²) in [5.41, 5.74) is -0.493. The van der Waals surface area contributed by atoms with Crippen molar-refractivity contribution in [2.24, 2.45) is 5.92 Å². The Morgan fingerprint density at radius 2 is 2.17 bits per heavy atom. The van der Waals surface area contributed by atoms with E-state index in [9.17, 15) is 13.2 Å². The van der Waals surface area contributed by atoms with Crippen molar-refractivity contribution in [3.05, 3.63) is 11.8 Å². The van der Waals surface area contributed by atoms with Gasteiger partial charge in [-0.15, -0.1) is 10.2 Å². The van der Waals surface area contributed by atoms with Gasteiger partial charge in [0.05, 0.1) is 18.6 Å². The van der Waals surface area contributed by atoms with Crippen LogP contribution in [0.2, 0.25) is 0 Å². The molecule has 126 valence electrons. The fourth-order valence-electron chi connectivity index (χ4n) is 3.47. The van der Waals surface area contributed by atoms with E-state index in [1.807, 2.05) is 0 Å². The van der Waals surface area contributed by atoms with E-state index in [1.54, 1.807) is 4.90 Å². The monoisotopic (exact) mass is 341 g/mol. The molecular formula is C14H19N3O5S. The summed E-state index contributed by atoms with van der Waals surface area (Å²) in [4.78, 5) is 13.8. The molecule has 1 aliphatic carbocycles. The van der Waals surface area contributed by atoms with Crippen LogP contribution in [0.5, 0.6) is 0 Å². The maximum absolute atomic E-state index is 12.2. The summed E-state index contributed by atoms with van der Waals surface area (Å²) in [5, 5.41) is 8.34. The fraction of sp³-hybridized carbons (Fsp3) is 0.786. The number of rotatable bonds is 4. The number of aromatic nitrogens is 2. The molecule has 1 aromatic rings. The average molecular weight is 341 g/mol. The van der Waals surface area contributed by atoms with E-state index >= 15 is 0 Å². The minimum Gasteiger partial charge on any atom is -0.424 e. The van der Waals surface area contributed by atoms with Crippen LogP contribution in [0.25, 0.3) is 0 Å². The van der Waals surface area contributed by atoms with Crippen molar-refractivity contribution >= 4 is 15.7 Å². The molecule has 0 spiro atoms. The lowest BCUT2D eigenvalue weighted by molar-refractivity contribution is -0.128. The van der Waals surface area contributed by atoms with Gasteiger partial charge in [-0.25, -0.2) is 8.42 Å². The lowest BCUT2D eigenvalue weighted by Crippen LogP contribution is -2.39. The molecule has 0 unspecified atom stereocenters. The first-order chi connectivity index (χ1) is 10.9. The molecule has 2 aliphatic heterocycles. The molecule has 0 N–H and O–H groups in total. The van der Waals surface area contributed by atoms with Crippen molar-refractivity contribution in [2.45, 2.75) is 24.2 Å². The van der Waals surface area contributed by atoms with Crippen molar-refractivity contribution < 1.29 is 22.4 Å². The van der Waals surface area contributed by atoms with Gasteiger partial charge in [-0.05, 0) is 12.8 Å². The predicted octanol–water partition coefficient (Wildman–Crippen LogP) is -0.282. The molecule has 2 saturated heterocycles. The number of ether oxygens (including phenoxy) is 1. The van der Waals surface area contributed by atoms with Crippen LogP contribution in [0, 0.1) is 5.92 Å². The Labute approximate surface area is 134 Å². The molecule has 1 aromatic heterocycles. The molecule has 0 aromatic carbocycles. The number of carbonyl (C=O) groups excluding carboxylic acids is 1. The zero-order valence-corrected chi connectivity index (χ0v) is 13.7. The van der Waals surface area contributed by atoms with Crippen LogP contribution in [0.1, 0.15) is 30.5 Å². The Hall–Kier alpha value is -1.48. The zero-order chi connectivity index (χ0) is 16.2. The second-order valence-electron chi connectivity index (χ2n) is 6.93. The van der Waals surface area contributed by atoms with Crippen LogP contribution >= 0.6 is 0 Å². The third kappa shape index (κ3) is 2.65. The quantitative estimate of drug-likeness (QED) is 0.742. The smallest absolute Gasteiger partial charge is 0.237 e. The van der Waals surface area contributed by atoms with Gasteiger partial charge in [-0.3, -0.25) is 4.79 Å². The molecule has 1 amide bonds. The van der Waals surface area contributed by atoms with Gasteiger partial charge >= 0.3 is 0 Å². The summed E-state index contributed by atoms with van der Waals surface area (Å²) < 4.78 is 34.2. The molecule has 3 aliphatic rings. The second kappa shape index (κ2) is 5.01. The molecule has 0 radical (unpaired) electrons. The molecule has 9 heteroatoms. The summed E-state index contributed by atoms with van der Waals surface area (Å²) in [6, 6.07) is 0. The van der Waals surface area contributed by atoms with Gasteiger partial charge in [0.1, 0.15) is 5.75 Å². The van der Waals surface area contributed by atoms with E-state index in [4.69, 9.17) is 9.15 Å². The number of amides is 1. The van der Waals surface area contributed by atoms with E-state index < -0.39 is 21.0 Å². The van der Waals surface area contributed by atoms with Gasteiger partial charge in [0.15, 0.2) is 9.84 Å². The lowest BCUT2D eigenvalue weighted by Gasteiger charge is -2.22. The summed E-state index contributed by atoms with van der Waals surface area (Å²) in [7, 11) is -3.34. The van der Waals surface area contributed by atoms with Crippen molar-refractivity contribution in [3.8, 4) is 0 Å². The van der Waals surface area contributed by atoms with Gasteiger partial charge in [-0.1, -0.05) is 0 Å². The van der Waals surface area contributed by atoms with Gasteiger partial charge < -0.3 is 14.1 Å². The molecule has 1 saturated carbocycles. The Balaban J connectivity index is 1.58.